The smallest absolute Gasteiger partial charge is 0.191 e. The molecule has 1 saturated heterocycles. The lowest BCUT2D eigenvalue weighted by molar-refractivity contribution is 0.0179. The lowest BCUT2D eigenvalue weighted by Gasteiger charge is -2.34. The number of morpholine rings is 1. The molecule has 0 spiro atoms. The second kappa shape index (κ2) is 9.15. The van der Waals surface area contributed by atoms with E-state index in [1.165, 1.54) is 6.07 Å². The third kappa shape index (κ3) is 6.63. The van der Waals surface area contributed by atoms with E-state index in [2.05, 4.69) is 36.3 Å². The Balaban J connectivity index is 2.20. The Bertz CT molecular complexity index is 565. The fourth-order valence-corrected chi connectivity index (χ4v) is 2.87. The van der Waals surface area contributed by atoms with Crippen molar-refractivity contribution < 1.29 is 9.13 Å². The monoisotopic (exact) mass is 350 g/mol. The number of hydrogen-bond acceptors (Lipinski definition) is 3. The Labute approximate surface area is 150 Å². The summed E-state index contributed by atoms with van der Waals surface area (Å²) >= 11 is 0. The quantitative estimate of drug-likeness (QED) is 0.633. The Hall–Kier alpha value is -1.66. The number of ether oxygens (including phenoxy) is 1. The fraction of sp³-hybridized carbons (Fsp3) is 0.632. The third-order valence-electron chi connectivity index (χ3n) is 3.98. The second-order valence-corrected chi connectivity index (χ2v) is 7.31. The Kier molecular flexibility index (Phi) is 7.20. The Morgan fingerprint density at radius 3 is 2.64 bits per heavy atom. The molecule has 1 aromatic carbocycles. The average molecular weight is 350 g/mol. The van der Waals surface area contributed by atoms with Gasteiger partial charge in [-0.25, -0.2) is 4.39 Å². The molecule has 0 amide bonds. The number of nitrogens with one attached hydrogen (secondary N) is 2. The topological polar surface area (TPSA) is 48.9 Å². The highest BCUT2D eigenvalue weighted by atomic mass is 19.1. The van der Waals surface area contributed by atoms with E-state index in [1.807, 2.05) is 13.0 Å². The molecule has 1 aliphatic rings. The first-order valence-electron chi connectivity index (χ1n) is 9.03. The fourth-order valence-electron chi connectivity index (χ4n) is 2.87. The van der Waals surface area contributed by atoms with Crippen molar-refractivity contribution in [2.45, 2.75) is 39.3 Å². The number of aliphatic imine (C=N–C) groups is 1. The molecule has 0 bridgehead atoms. The van der Waals surface area contributed by atoms with Crippen LogP contribution in [0.3, 0.4) is 0 Å². The third-order valence-corrected chi connectivity index (χ3v) is 3.98. The molecule has 6 heteroatoms. The van der Waals surface area contributed by atoms with Gasteiger partial charge in [0.05, 0.1) is 25.8 Å². The molecule has 1 aromatic rings. The van der Waals surface area contributed by atoms with Gasteiger partial charge in [0.2, 0.25) is 0 Å². The van der Waals surface area contributed by atoms with Gasteiger partial charge >= 0.3 is 0 Å². The minimum atomic E-state index is -0.209. The van der Waals surface area contributed by atoms with E-state index >= 15 is 0 Å². The maximum absolute atomic E-state index is 13.7. The van der Waals surface area contributed by atoms with Gasteiger partial charge < -0.3 is 15.4 Å². The van der Waals surface area contributed by atoms with Crippen LogP contribution in [0.15, 0.2) is 29.3 Å². The number of rotatable bonds is 5. The van der Waals surface area contributed by atoms with Crippen LogP contribution in [0, 0.1) is 5.82 Å². The number of nitrogens with zero attached hydrogens (tertiary/aromatic N) is 2. The summed E-state index contributed by atoms with van der Waals surface area (Å²) in [5.74, 6) is 0.573. The van der Waals surface area contributed by atoms with Crippen molar-refractivity contribution in [1.29, 1.82) is 0 Å². The molecule has 0 aliphatic carbocycles. The molecule has 140 valence electrons. The molecule has 1 atom stereocenters. The molecule has 25 heavy (non-hydrogen) atoms. The van der Waals surface area contributed by atoms with Gasteiger partial charge in [-0.15, -0.1) is 0 Å². The highest BCUT2D eigenvalue weighted by Gasteiger charge is 2.23. The lowest BCUT2D eigenvalue weighted by Crippen LogP contribution is -2.48. The first-order chi connectivity index (χ1) is 11.9. The summed E-state index contributed by atoms with van der Waals surface area (Å²) in [5.41, 5.74) is 0.881. The van der Waals surface area contributed by atoms with E-state index in [4.69, 9.17) is 9.73 Å². The molecule has 0 radical (unpaired) electrons. The summed E-state index contributed by atoms with van der Waals surface area (Å²) in [6, 6.07) is 6.87. The van der Waals surface area contributed by atoms with Gasteiger partial charge in [-0.3, -0.25) is 9.89 Å². The van der Waals surface area contributed by atoms with Crippen LogP contribution in [-0.2, 0) is 4.74 Å². The van der Waals surface area contributed by atoms with Gasteiger partial charge in [0.1, 0.15) is 5.82 Å². The summed E-state index contributed by atoms with van der Waals surface area (Å²) in [7, 11) is 0. The van der Waals surface area contributed by atoms with Crippen LogP contribution in [-0.4, -0.2) is 55.8 Å². The molecule has 1 heterocycles. The largest absolute Gasteiger partial charge is 0.379 e. The van der Waals surface area contributed by atoms with Crippen LogP contribution in [0.1, 0.15) is 39.3 Å². The highest BCUT2D eigenvalue weighted by Crippen LogP contribution is 2.23. The molecule has 1 unspecified atom stereocenters. The normalized spacial score (nSPS) is 18.0. The summed E-state index contributed by atoms with van der Waals surface area (Å²) in [6.45, 7) is 12.8. The zero-order valence-electron chi connectivity index (χ0n) is 15.8. The van der Waals surface area contributed by atoms with Crippen LogP contribution in [0.2, 0.25) is 0 Å². The minimum Gasteiger partial charge on any atom is -0.379 e. The van der Waals surface area contributed by atoms with Crippen molar-refractivity contribution in [3.05, 3.63) is 35.6 Å². The second-order valence-electron chi connectivity index (χ2n) is 7.31. The number of benzene rings is 1. The van der Waals surface area contributed by atoms with Crippen molar-refractivity contribution in [3.8, 4) is 0 Å². The van der Waals surface area contributed by atoms with Crippen LogP contribution in [0.5, 0.6) is 0 Å². The minimum absolute atomic E-state index is 0.0371. The molecule has 1 fully saturated rings. The lowest BCUT2D eigenvalue weighted by atomic mass is 10.0. The van der Waals surface area contributed by atoms with Crippen molar-refractivity contribution >= 4 is 5.96 Å². The summed E-state index contributed by atoms with van der Waals surface area (Å²) in [4.78, 5) is 7.09. The molecular weight excluding hydrogens is 319 g/mol. The van der Waals surface area contributed by atoms with Crippen LogP contribution < -0.4 is 10.6 Å². The maximum atomic E-state index is 13.7. The van der Waals surface area contributed by atoms with Gasteiger partial charge in [0.25, 0.3) is 0 Å². The zero-order valence-corrected chi connectivity index (χ0v) is 15.8. The maximum Gasteiger partial charge on any atom is 0.191 e. The predicted octanol–water partition coefficient (Wildman–Crippen LogP) is 2.55. The average Bonchev–Trinajstić information content (AvgIpc) is 2.55. The zero-order chi connectivity index (χ0) is 18.3. The van der Waals surface area contributed by atoms with Crippen LogP contribution in [0.25, 0.3) is 0 Å². The standard InChI is InChI=1S/C19H31FN4O/c1-5-21-18(23-19(2,3)4)22-14-17(24-9-11-25-12-10-24)15-7-6-8-16(20)13-15/h6-8,13,17H,5,9-12,14H2,1-4H3,(H2,21,22,23). The number of halogens is 1. The predicted molar refractivity (Wildman–Crippen MR) is 100 cm³/mol. The SMILES string of the molecule is CCNC(=NCC(c1cccc(F)c1)N1CCOCC1)NC(C)(C)C. The molecule has 2 rings (SSSR count). The van der Waals surface area contributed by atoms with E-state index < -0.39 is 0 Å². The first-order valence-corrected chi connectivity index (χ1v) is 9.03. The van der Waals surface area contributed by atoms with Gasteiger partial charge in [-0.2, -0.15) is 0 Å². The van der Waals surface area contributed by atoms with Crippen LogP contribution in [0.4, 0.5) is 4.39 Å². The Morgan fingerprint density at radius 1 is 1.32 bits per heavy atom. The summed E-state index contributed by atoms with van der Waals surface area (Å²) < 4.78 is 19.2. The molecule has 1 aliphatic heterocycles. The van der Waals surface area contributed by atoms with Crippen molar-refractivity contribution in [1.82, 2.24) is 15.5 Å². The molecule has 5 nitrogen and oxygen atoms in total. The van der Waals surface area contributed by atoms with Gasteiger partial charge in [0.15, 0.2) is 5.96 Å². The van der Waals surface area contributed by atoms with Crippen molar-refractivity contribution in [2.24, 2.45) is 4.99 Å². The Morgan fingerprint density at radius 2 is 2.04 bits per heavy atom. The van der Waals surface area contributed by atoms with Gasteiger partial charge in [-0.05, 0) is 45.4 Å². The van der Waals surface area contributed by atoms with E-state index in [0.29, 0.717) is 19.8 Å². The summed E-state index contributed by atoms with van der Waals surface area (Å²) in [5, 5.41) is 6.68. The van der Waals surface area contributed by atoms with Crippen LogP contribution >= 0.6 is 0 Å². The van der Waals surface area contributed by atoms with Crippen molar-refractivity contribution in [3.63, 3.8) is 0 Å². The van der Waals surface area contributed by atoms with Gasteiger partial charge in [-0.1, -0.05) is 12.1 Å². The van der Waals surface area contributed by atoms with E-state index in [0.717, 1.165) is 31.2 Å². The van der Waals surface area contributed by atoms with E-state index in [1.54, 1.807) is 12.1 Å². The molecular formula is C19H31FN4O. The number of hydrogen-bond donors (Lipinski definition) is 2. The van der Waals surface area contributed by atoms with Crippen molar-refractivity contribution in [2.75, 3.05) is 39.4 Å². The van der Waals surface area contributed by atoms with E-state index in [-0.39, 0.29) is 17.4 Å². The molecule has 0 aromatic heterocycles. The first kappa shape index (κ1) is 19.7. The highest BCUT2D eigenvalue weighted by molar-refractivity contribution is 5.80. The number of guanidine groups is 1. The molecule has 0 saturated carbocycles. The van der Waals surface area contributed by atoms with E-state index in [9.17, 15) is 4.39 Å². The molecule has 2 N–H and O–H groups in total. The summed E-state index contributed by atoms with van der Waals surface area (Å²) in [6.07, 6.45) is 0. The van der Waals surface area contributed by atoms with Gasteiger partial charge in [0, 0.05) is 25.2 Å².